The zero-order valence-electron chi connectivity index (χ0n) is 12.9. The van der Waals surface area contributed by atoms with E-state index in [1.54, 1.807) is 18.0 Å². The Morgan fingerprint density at radius 3 is 2.71 bits per heavy atom. The molecule has 0 fully saturated rings. The van der Waals surface area contributed by atoms with Crippen molar-refractivity contribution in [1.82, 2.24) is 19.7 Å². The van der Waals surface area contributed by atoms with Gasteiger partial charge in [-0.15, -0.1) is 0 Å². The van der Waals surface area contributed by atoms with E-state index in [2.05, 4.69) is 15.0 Å². The molecule has 0 aliphatic heterocycles. The van der Waals surface area contributed by atoms with Crippen molar-refractivity contribution < 1.29 is 4.74 Å². The number of halogens is 1. The molecule has 1 atom stereocenters. The molecule has 21 heavy (non-hydrogen) atoms. The summed E-state index contributed by atoms with van der Waals surface area (Å²) in [6.07, 6.45) is 1.80. The number of ether oxygens (including phenoxy) is 1. The molecule has 0 saturated carbocycles. The van der Waals surface area contributed by atoms with Crippen LogP contribution in [-0.2, 0) is 18.3 Å². The Hall–Kier alpha value is -1.43. The molecule has 0 aromatic carbocycles. The van der Waals surface area contributed by atoms with Crippen molar-refractivity contribution >= 4 is 11.6 Å². The molecule has 0 saturated heterocycles. The number of hydrogen-bond donors (Lipinski definition) is 0. The van der Waals surface area contributed by atoms with E-state index in [1.165, 1.54) is 0 Å². The van der Waals surface area contributed by atoms with Gasteiger partial charge < -0.3 is 4.74 Å². The fraction of sp³-hybridized carbons (Fsp3) is 0.467. The molecule has 5 nitrogen and oxygen atoms in total. The maximum absolute atomic E-state index is 6.31. The Labute approximate surface area is 130 Å². The van der Waals surface area contributed by atoms with Crippen LogP contribution in [0.15, 0.2) is 24.4 Å². The van der Waals surface area contributed by atoms with Gasteiger partial charge in [0.15, 0.2) is 0 Å². The van der Waals surface area contributed by atoms with Gasteiger partial charge in [0.25, 0.3) is 0 Å². The lowest BCUT2D eigenvalue weighted by molar-refractivity contribution is 0.0999. The number of aromatic nitrogens is 3. The normalized spacial score (nSPS) is 12.9. The highest BCUT2D eigenvalue weighted by molar-refractivity contribution is 6.30. The van der Waals surface area contributed by atoms with Crippen LogP contribution in [0.3, 0.4) is 0 Å². The van der Waals surface area contributed by atoms with Gasteiger partial charge in [0, 0.05) is 32.5 Å². The number of pyridine rings is 1. The van der Waals surface area contributed by atoms with E-state index in [-0.39, 0.29) is 6.04 Å². The average molecular weight is 309 g/mol. The maximum atomic E-state index is 6.31. The first-order valence-corrected chi connectivity index (χ1v) is 7.20. The minimum Gasteiger partial charge on any atom is -0.383 e. The third-order valence-corrected chi connectivity index (χ3v) is 4.04. The number of methoxy groups -OCH3 is 1. The number of likely N-dealkylation sites (N-methyl/N-ethyl adjacent to an activating group) is 1. The highest BCUT2D eigenvalue weighted by Gasteiger charge is 2.21. The number of rotatable bonds is 6. The van der Waals surface area contributed by atoms with E-state index < -0.39 is 0 Å². The first-order chi connectivity index (χ1) is 10.0. The standard InChI is InChI=1S/C15H21ClN4O/c1-11-12(15(16)20(3)18-11)9-19(2)14(10-21-4)13-7-5-6-8-17-13/h5-8,14H,9-10H2,1-4H3/t14-/m1/s1. The summed E-state index contributed by atoms with van der Waals surface area (Å²) in [5.41, 5.74) is 2.98. The van der Waals surface area contributed by atoms with E-state index in [9.17, 15) is 0 Å². The van der Waals surface area contributed by atoms with Crippen molar-refractivity contribution in [3.8, 4) is 0 Å². The molecule has 0 unspecified atom stereocenters. The Bertz CT molecular complexity index is 585. The molecular weight excluding hydrogens is 288 g/mol. The molecule has 0 N–H and O–H groups in total. The summed E-state index contributed by atoms with van der Waals surface area (Å²) in [6, 6.07) is 5.99. The summed E-state index contributed by atoms with van der Waals surface area (Å²) in [5, 5.41) is 5.03. The van der Waals surface area contributed by atoms with Crippen LogP contribution in [-0.4, -0.2) is 40.4 Å². The summed E-state index contributed by atoms with van der Waals surface area (Å²) < 4.78 is 7.05. The summed E-state index contributed by atoms with van der Waals surface area (Å²) >= 11 is 6.31. The molecule has 6 heteroatoms. The van der Waals surface area contributed by atoms with Crippen LogP contribution < -0.4 is 0 Å². The fourth-order valence-electron chi connectivity index (χ4n) is 2.38. The molecule has 0 radical (unpaired) electrons. The Kier molecular flexibility index (Phi) is 5.33. The van der Waals surface area contributed by atoms with Crippen LogP contribution in [0.5, 0.6) is 0 Å². The SMILES string of the molecule is COC[C@H](c1ccccn1)N(C)Cc1c(C)nn(C)c1Cl. The molecule has 2 aromatic rings. The van der Waals surface area contributed by atoms with E-state index in [0.29, 0.717) is 18.3 Å². The minimum absolute atomic E-state index is 0.0758. The van der Waals surface area contributed by atoms with Crippen LogP contribution in [0.25, 0.3) is 0 Å². The Morgan fingerprint density at radius 1 is 1.43 bits per heavy atom. The van der Waals surface area contributed by atoms with Crippen molar-refractivity contribution in [3.05, 3.63) is 46.5 Å². The predicted octanol–water partition coefficient (Wildman–Crippen LogP) is 2.60. The smallest absolute Gasteiger partial charge is 0.131 e. The molecule has 0 bridgehead atoms. The van der Waals surface area contributed by atoms with Crippen molar-refractivity contribution in [2.75, 3.05) is 20.8 Å². The van der Waals surface area contributed by atoms with Gasteiger partial charge in [0.1, 0.15) is 5.15 Å². The molecule has 2 rings (SSSR count). The van der Waals surface area contributed by atoms with Gasteiger partial charge >= 0.3 is 0 Å². The minimum atomic E-state index is 0.0758. The summed E-state index contributed by atoms with van der Waals surface area (Å²) in [4.78, 5) is 6.62. The molecule has 0 aliphatic carbocycles. The molecule has 2 heterocycles. The van der Waals surface area contributed by atoms with Crippen LogP contribution in [0.4, 0.5) is 0 Å². The van der Waals surface area contributed by atoms with Gasteiger partial charge in [-0.25, -0.2) is 0 Å². The van der Waals surface area contributed by atoms with Crippen molar-refractivity contribution in [2.24, 2.45) is 7.05 Å². The van der Waals surface area contributed by atoms with E-state index in [1.807, 2.05) is 39.2 Å². The topological polar surface area (TPSA) is 43.2 Å². The summed E-state index contributed by atoms with van der Waals surface area (Å²) in [6.45, 7) is 3.24. The monoisotopic (exact) mass is 308 g/mol. The Morgan fingerprint density at radius 2 is 2.19 bits per heavy atom. The fourth-order valence-corrected chi connectivity index (χ4v) is 2.62. The van der Waals surface area contributed by atoms with Crippen LogP contribution >= 0.6 is 11.6 Å². The molecule has 2 aromatic heterocycles. The third-order valence-electron chi connectivity index (χ3n) is 3.56. The van der Waals surface area contributed by atoms with Gasteiger partial charge in [-0.3, -0.25) is 14.6 Å². The van der Waals surface area contributed by atoms with Crippen LogP contribution in [0.1, 0.15) is 23.0 Å². The van der Waals surface area contributed by atoms with E-state index in [4.69, 9.17) is 16.3 Å². The van der Waals surface area contributed by atoms with Gasteiger partial charge in [0.05, 0.1) is 24.0 Å². The zero-order chi connectivity index (χ0) is 15.4. The number of aryl methyl sites for hydroxylation is 2. The van der Waals surface area contributed by atoms with Crippen LogP contribution in [0, 0.1) is 6.92 Å². The molecular formula is C15H21ClN4O. The first-order valence-electron chi connectivity index (χ1n) is 6.82. The Balaban J connectivity index is 2.21. The second kappa shape index (κ2) is 7.02. The highest BCUT2D eigenvalue weighted by atomic mass is 35.5. The van der Waals surface area contributed by atoms with E-state index >= 15 is 0 Å². The molecule has 0 aliphatic rings. The second-order valence-corrected chi connectivity index (χ2v) is 5.48. The lowest BCUT2D eigenvalue weighted by Gasteiger charge is -2.27. The van der Waals surface area contributed by atoms with Crippen molar-refractivity contribution in [2.45, 2.75) is 19.5 Å². The van der Waals surface area contributed by atoms with Gasteiger partial charge in [-0.2, -0.15) is 5.10 Å². The van der Waals surface area contributed by atoms with Gasteiger partial charge in [-0.05, 0) is 26.1 Å². The van der Waals surface area contributed by atoms with Crippen LogP contribution in [0.2, 0.25) is 5.15 Å². The lowest BCUT2D eigenvalue weighted by Crippen LogP contribution is -2.28. The van der Waals surface area contributed by atoms with Gasteiger partial charge in [-0.1, -0.05) is 17.7 Å². The first kappa shape index (κ1) is 15.9. The quantitative estimate of drug-likeness (QED) is 0.823. The lowest BCUT2D eigenvalue weighted by atomic mass is 10.1. The summed E-state index contributed by atoms with van der Waals surface area (Å²) in [7, 11) is 5.59. The zero-order valence-corrected chi connectivity index (χ0v) is 13.6. The maximum Gasteiger partial charge on any atom is 0.131 e. The molecule has 0 amide bonds. The average Bonchev–Trinajstić information content (AvgIpc) is 2.72. The number of nitrogens with zero attached hydrogens (tertiary/aromatic N) is 4. The number of hydrogen-bond acceptors (Lipinski definition) is 4. The van der Waals surface area contributed by atoms with Gasteiger partial charge in [0.2, 0.25) is 0 Å². The third kappa shape index (κ3) is 3.61. The van der Waals surface area contributed by atoms with E-state index in [0.717, 1.165) is 17.0 Å². The largest absolute Gasteiger partial charge is 0.383 e. The second-order valence-electron chi connectivity index (χ2n) is 5.12. The highest BCUT2D eigenvalue weighted by Crippen LogP contribution is 2.25. The summed E-state index contributed by atoms with van der Waals surface area (Å²) in [5.74, 6) is 0. The van der Waals surface area contributed by atoms with Crippen molar-refractivity contribution in [1.29, 1.82) is 0 Å². The van der Waals surface area contributed by atoms with Crippen molar-refractivity contribution in [3.63, 3.8) is 0 Å². The molecule has 114 valence electrons. The predicted molar refractivity (Wildman–Crippen MR) is 83.3 cm³/mol. The molecule has 0 spiro atoms.